The third-order valence-electron chi connectivity index (χ3n) is 9.42. The molecule has 6 rings (SSSR count). The zero-order chi connectivity index (χ0) is 28.1. The van der Waals surface area contributed by atoms with E-state index in [1.807, 2.05) is 36.4 Å². The number of ether oxygens (including phenoxy) is 2. The maximum Gasteiger partial charge on any atom is 0.142 e. The number of fused-ring (bicyclic) bond motifs is 1. The summed E-state index contributed by atoms with van der Waals surface area (Å²) in [6.45, 7) is 5.44. The van der Waals surface area contributed by atoms with Crippen LogP contribution in [0, 0.1) is 34.5 Å². The molecule has 3 aromatic rings. The average molecular weight is 547 g/mol. The predicted molar refractivity (Wildman–Crippen MR) is 158 cm³/mol. The van der Waals surface area contributed by atoms with Crippen LogP contribution in [0.15, 0.2) is 72.8 Å². The van der Waals surface area contributed by atoms with Gasteiger partial charge in [-0.1, -0.05) is 37.1 Å². The first-order valence-corrected chi connectivity index (χ1v) is 15.0. The first-order valence-electron chi connectivity index (χ1n) is 15.0. The first kappa shape index (κ1) is 27.3. The van der Waals surface area contributed by atoms with Crippen LogP contribution in [0.5, 0.6) is 11.5 Å². The van der Waals surface area contributed by atoms with Crippen LogP contribution in [0.25, 0.3) is 0 Å². The van der Waals surface area contributed by atoms with Gasteiger partial charge in [-0.25, -0.2) is 0 Å². The topological polar surface area (TPSA) is 72.5 Å². The summed E-state index contributed by atoms with van der Waals surface area (Å²) in [6.07, 6.45) is 7.19. The molecule has 2 aliphatic heterocycles. The van der Waals surface area contributed by atoms with Gasteiger partial charge in [0.05, 0.1) is 35.4 Å². The third-order valence-corrected chi connectivity index (χ3v) is 9.42. The van der Waals surface area contributed by atoms with Crippen molar-refractivity contribution in [1.82, 2.24) is 9.80 Å². The lowest BCUT2D eigenvalue weighted by atomic mass is 9.62. The van der Waals surface area contributed by atoms with Gasteiger partial charge in [-0.2, -0.15) is 10.5 Å². The number of rotatable bonds is 10. The van der Waals surface area contributed by atoms with Gasteiger partial charge in [0.2, 0.25) is 0 Å². The summed E-state index contributed by atoms with van der Waals surface area (Å²) < 4.78 is 12.4. The standard InChI is InChI=1S/C35H38N4O2/c36-22-27-10-14-32(15-11-27)40-21-5-19-38-24-31(25-38)35(30-7-2-3-8-30)34-9-4-1-6-29(34)18-20-39(35)26-41-33-16-12-28(23-37)13-17-33/h1,4,6,9-17,30-31H,2-3,5,7-8,18-21,24-26H2. The lowest BCUT2D eigenvalue weighted by Crippen LogP contribution is -2.67. The number of hydrogen-bond acceptors (Lipinski definition) is 6. The summed E-state index contributed by atoms with van der Waals surface area (Å²) in [7, 11) is 0. The molecular formula is C35H38N4O2. The van der Waals surface area contributed by atoms with E-state index in [2.05, 4.69) is 46.2 Å². The normalized spacial score (nSPS) is 21.4. The van der Waals surface area contributed by atoms with Crippen molar-refractivity contribution in [3.05, 3.63) is 95.1 Å². The van der Waals surface area contributed by atoms with E-state index in [1.165, 1.54) is 36.8 Å². The highest BCUT2D eigenvalue weighted by Gasteiger charge is 2.56. The Morgan fingerprint density at radius 3 is 2.07 bits per heavy atom. The molecule has 0 bridgehead atoms. The molecule has 6 nitrogen and oxygen atoms in total. The highest BCUT2D eigenvalue weighted by molar-refractivity contribution is 5.40. The number of benzene rings is 3. The van der Waals surface area contributed by atoms with Crippen LogP contribution in [0.3, 0.4) is 0 Å². The Kier molecular flexibility index (Phi) is 8.23. The molecule has 2 heterocycles. The number of nitrogens with zero attached hydrogens (tertiary/aromatic N) is 4. The molecule has 210 valence electrons. The second kappa shape index (κ2) is 12.4. The van der Waals surface area contributed by atoms with Crippen molar-refractivity contribution in [3.63, 3.8) is 0 Å². The van der Waals surface area contributed by atoms with Gasteiger partial charge in [0.15, 0.2) is 0 Å². The monoisotopic (exact) mass is 546 g/mol. The zero-order valence-corrected chi connectivity index (χ0v) is 23.7. The molecule has 1 saturated heterocycles. The minimum Gasteiger partial charge on any atom is -0.494 e. The fourth-order valence-electron chi connectivity index (χ4n) is 7.48. The Labute approximate surface area is 243 Å². The predicted octanol–water partition coefficient (Wildman–Crippen LogP) is 6.11. The lowest BCUT2D eigenvalue weighted by molar-refractivity contribution is -0.116. The van der Waals surface area contributed by atoms with E-state index in [0.717, 1.165) is 50.5 Å². The summed E-state index contributed by atoms with van der Waals surface area (Å²) in [6, 6.07) is 28.4. The molecular weight excluding hydrogens is 508 g/mol. The van der Waals surface area contributed by atoms with Gasteiger partial charge in [0.1, 0.15) is 18.2 Å². The Bertz CT molecular complexity index is 1400. The minimum absolute atomic E-state index is 0.0204. The van der Waals surface area contributed by atoms with Crippen molar-refractivity contribution in [2.75, 3.05) is 39.5 Å². The van der Waals surface area contributed by atoms with E-state index in [0.29, 0.717) is 36.3 Å². The Balaban J connectivity index is 1.16. The van der Waals surface area contributed by atoms with Crippen LogP contribution in [-0.4, -0.2) is 49.3 Å². The summed E-state index contributed by atoms with van der Waals surface area (Å²) in [5.74, 6) is 2.82. The molecule has 1 unspecified atom stereocenters. The van der Waals surface area contributed by atoms with E-state index >= 15 is 0 Å². The molecule has 1 aliphatic carbocycles. The largest absolute Gasteiger partial charge is 0.494 e. The molecule has 1 saturated carbocycles. The van der Waals surface area contributed by atoms with Crippen LogP contribution >= 0.6 is 0 Å². The van der Waals surface area contributed by atoms with Crippen LogP contribution in [0.4, 0.5) is 0 Å². The van der Waals surface area contributed by atoms with Crippen molar-refractivity contribution in [2.45, 2.75) is 44.1 Å². The fraction of sp³-hybridized carbons (Fsp3) is 0.429. The van der Waals surface area contributed by atoms with Gasteiger partial charge in [-0.15, -0.1) is 0 Å². The van der Waals surface area contributed by atoms with E-state index in [1.54, 1.807) is 12.1 Å². The molecule has 0 spiro atoms. The molecule has 41 heavy (non-hydrogen) atoms. The molecule has 6 heteroatoms. The Morgan fingerprint density at radius 2 is 1.41 bits per heavy atom. The van der Waals surface area contributed by atoms with Gasteiger partial charge in [-0.3, -0.25) is 4.90 Å². The summed E-state index contributed by atoms with van der Waals surface area (Å²) >= 11 is 0. The number of likely N-dealkylation sites (tertiary alicyclic amines) is 1. The number of nitriles is 2. The molecule has 1 atom stereocenters. The van der Waals surface area contributed by atoms with Crippen molar-refractivity contribution < 1.29 is 9.47 Å². The van der Waals surface area contributed by atoms with Crippen molar-refractivity contribution >= 4 is 0 Å². The molecule has 0 amide bonds. The molecule has 2 fully saturated rings. The summed E-state index contributed by atoms with van der Waals surface area (Å²) in [4.78, 5) is 5.25. The molecule has 0 N–H and O–H groups in total. The Morgan fingerprint density at radius 1 is 0.780 bits per heavy atom. The second-order valence-corrected chi connectivity index (χ2v) is 11.7. The quantitative estimate of drug-likeness (QED) is 0.286. The first-order chi connectivity index (χ1) is 20.2. The van der Waals surface area contributed by atoms with E-state index in [9.17, 15) is 5.26 Å². The summed E-state index contributed by atoms with van der Waals surface area (Å²) in [5, 5.41) is 18.2. The fourth-order valence-corrected chi connectivity index (χ4v) is 7.48. The van der Waals surface area contributed by atoms with E-state index in [4.69, 9.17) is 14.7 Å². The van der Waals surface area contributed by atoms with Gasteiger partial charge >= 0.3 is 0 Å². The maximum absolute atomic E-state index is 9.18. The van der Waals surface area contributed by atoms with Gasteiger partial charge < -0.3 is 14.4 Å². The SMILES string of the molecule is N#Cc1ccc(OCCCN2CC(C3(C4CCCC4)c4ccccc4CCN3COc3ccc(C#N)cc3)C2)cc1. The zero-order valence-electron chi connectivity index (χ0n) is 23.7. The average Bonchev–Trinajstić information content (AvgIpc) is 3.55. The lowest BCUT2D eigenvalue weighted by Gasteiger charge is -2.60. The van der Waals surface area contributed by atoms with E-state index < -0.39 is 0 Å². The smallest absolute Gasteiger partial charge is 0.142 e. The van der Waals surface area contributed by atoms with Crippen LogP contribution < -0.4 is 9.47 Å². The third kappa shape index (κ3) is 5.55. The van der Waals surface area contributed by atoms with Crippen LogP contribution in [0.2, 0.25) is 0 Å². The van der Waals surface area contributed by atoms with Crippen molar-refractivity contribution in [3.8, 4) is 23.6 Å². The van der Waals surface area contributed by atoms with Crippen LogP contribution in [0.1, 0.15) is 54.4 Å². The van der Waals surface area contributed by atoms with Crippen molar-refractivity contribution in [2.24, 2.45) is 11.8 Å². The van der Waals surface area contributed by atoms with Crippen molar-refractivity contribution in [1.29, 1.82) is 10.5 Å². The minimum atomic E-state index is -0.0204. The molecule has 3 aliphatic rings. The molecule has 0 aromatic heterocycles. The van der Waals surface area contributed by atoms with Crippen LogP contribution in [-0.2, 0) is 12.0 Å². The maximum atomic E-state index is 9.18. The van der Waals surface area contributed by atoms with E-state index in [-0.39, 0.29) is 5.54 Å². The Hall–Kier alpha value is -3.84. The highest BCUT2D eigenvalue weighted by Crippen LogP contribution is 2.54. The second-order valence-electron chi connectivity index (χ2n) is 11.7. The molecule has 0 radical (unpaired) electrons. The van der Waals surface area contributed by atoms with Gasteiger partial charge in [-0.05, 0) is 91.3 Å². The highest BCUT2D eigenvalue weighted by atomic mass is 16.5. The van der Waals surface area contributed by atoms with Gasteiger partial charge in [0, 0.05) is 32.1 Å². The summed E-state index contributed by atoms with van der Waals surface area (Å²) in [5.41, 5.74) is 4.31. The number of hydrogen-bond donors (Lipinski definition) is 0. The molecule has 3 aromatic carbocycles. The van der Waals surface area contributed by atoms with Gasteiger partial charge in [0.25, 0.3) is 0 Å².